The van der Waals surface area contributed by atoms with Gasteiger partial charge in [-0.1, -0.05) is 6.92 Å². The van der Waals surface area contributed by atoms with Crippen LogP contribution in [0.15, 0.2) is 0 Å². The number of nitrogens with two attached hydrogens (primary N) is 1. The highest BCUT2D eigenvalue weighted by Crippen LogP contribution is 2.11. The summed E-state index contributed by atoms with van der Waals surface area (Å²) < 4.78 is 5.38. The first-order chi connectivity index (χ1) is 9.15. The highest BCUT2D eigenvalue weighted by molar-refractivity contribution is 5.74. The fraction of sp³-hybridized carbons (Fsp3) is 0.636. The molecule has 1 rings (SSSR count). The monoisotopic (exact) mass is 268 g/mol. The van der Waals surface area contributed by atoms with E-state index in [-0.39, 0.29) is 18.3 Å². The van der Waals surface area contributed by atoms with Gasteiger partial charge in [0.15, 0.2) is 0 Å². The summed E-state index contributed by atoms with van der Waals surface area (Å²) in [5.74, 6) is 0.416. The van der Waals surface area contributed by atoms with Gasteiger partial charge in [0.1, 0.15) is 0 Å². The third-order valence-electron chi connectivity index (χ3n) is 2.04. The molecule has 0 spiro atoms. The summed E-state index contributed by atoms with van der Waals surface area (Å²) >= 11 is 0. The predicted octanol–water partition coefficient (Wildman–Crippen LogP) is 0.380. The van der Waals surface area contributed by atoms with Crippen molar-refractivity contribution in [3.05, 3.63) is 0 Å². The minimum absolute atomic E-state index is 0.216. The quantitative estimate of drug-likeness (QED) is 0.593. The molecule has 0 atom stereocenters. The molecule has 0 saturated carbocycles. The van der Waals surface area contributed by atoms with Crippen molar-refractivity contribution in [2.75, 3.05) is 30.3 Å². The zero-order valence-electron chi connectivity index (χ0n) is 11.3. The maximum Gasteiger partial charge on any atom is 0.323 e. The Labute approximate surface area is 112 Å². The van der Waals surface area contributed by atoms with Crippen LogP contribution in [0.3, 0.4) is 0 Å². The Bertz CT molecular complexity index is 412. The molecular formula is C11H20N6O2. The van der Waals surface area contributed by atoms with Crippen LogP contribution >= 0.6 is 0 Å². The molecule has 1 amide bonds. The number of amides is 1. The van der Waals surface area contributed by atoms with Gasteiger partial charge in [0.05, 0.1) is 6.61 Å². The Morgan fingerprint density at radius 3 is 2.47 bits per heavy atom. The summed E-state index contributed by atoms with van der Waals surface area (Å²) in [5.41, 5.74) is 5.06. The van der Waals surface area contributed by atoms with Crippen LogP contribution in [0.25, 0.3) is 0 Å². The van der Waals surface area contributed by atoms with Crippen molar-refractivity contribution in [1.82, 2.24) is 15.0 Å². The first kappa shape index (κ1) is 14.9. The Kier molecular flexibility index (Phi) is 6.34. The lowest BCUT2D eigenvalue weighted by atomic mass is 10.4. The molecule has 0 fully saturated rings. The van der Waals surface area contributed by atoms with Crippen LogP contribution in [0.4, 0.5) is 11.9 Å². The fourth-order valence-electron chi connectivity index (χ4n) is 1.23. The van der Waals surface area contributed by atoms with Crippen molar-refractivity contribution in [2.24, 2.45) is 5.73 Å². The highest BCUT2D eigenvalue weighted by atomic mass is 16.5. The minimum Gasteiger partial charge on any atom is -0.463 e. The van der Waals surface area contributed by atoms with Crippen molar-refractivity contribution in [2.45, 2.75) is 26.7 Å². The number of primary amides is 1. The van der Waals surface area contributed by atoms with Crippen LogP contribution < -0.4 is 21.1 Å². The number of ether oxygens (including phenoxy) is 1. The Hall–Kier alpha value is -2.12. The van der Waals surface area contributed by atoms with Crippen LogP contribution in [-0.4, -0.2) is 40.6 Å². The second-order valence-electron chi connectivity index (χ2n) is 3.79. The molecule has 8 nitrogen and oxygen atoms in total. The minimum atomic E-state index is -0.379. The van der Waals surface area contributed by atoms with Crippen LogP contribution in [-0.2, 0) is 4.79 Å². The van der Waals surface area contributed by atoms with Gasteiger partial charge in [-0.15, -0.1) is 0 Å². The number of nitrogens with one attached hydrogen (secondary N) is 2. The maximum atomic E-state index is 10.7. The van der Waals surface area contributed by atoms with E-state index in [1.807, 2.05) is 13.8 Å². The summed E-state index contributed by atoms with van der Waals surface area (Å²) in [7, 11) is 0. The molecule has 106 valence electrons. The summed E-state index contributed by atoms with van der Waals surface area (Å²) in [6.45, 7) is 5.54. The molecule has 0 radical (unpaired) electrons. The SMILES string of the molecule is CCCOc1nc(NCC)nc(NCCC(N)=O)n1. The highest BCUT2D eigenvalue weighted by Gasteiger charge is 2.07. The third-order valence-corrected chi connectivity index (χ3v) is 2.04. The Balaban J connectivity index is 2.71. The lowest BCUT2D eigenvalue weighted by Crippen LogP contribution is -2.17. The maximum absolute atomic E-state index is 10.7. The number of rotatable bonds is 9. The predicted molar refractivity (Wildman–Crippen MR) is 72.1 cm³/mol. The van der Waals surface area contributed by atoms with Crippen LogP contribution in [0.1, 0.15) is 26.7 Å². The molecule has 0 bridgehead atoms. The number of nitrogens with zero attached hydrogens (tertiary/aromatic N) is 3. The molecule has 0 saturated heterocycles. The molecule has 0 aromatic carbocycles. The second-order valence-corrected chi connectivity index (χ2v) is 3.79. The van der Waals surface area contributed by atoms with Gasteiger partial charge in [-0.25, -0.2) is 0 Å². The largest absolute Gasteiger partial charge is 0.463 e. The third kappa shape index (κ3) is 5.84. The topological polar surface area (TPSA) is 115 Å². The number of aromatic nitrogens is 3. The van der Waals surface area contributed by atoms with Gasteiger partial charge < -0.3 is 21.1 Å². The summed E-state index contributed by atoms with van der Waals surface area (Å²) in [6, 6.07) is 0.259. The number of anilines is 2. The molecule has 1 heterocycles. The molecule has 0 aliphatic carbocycles. The first-order valence-electron chi connectivity index (χ1n) is 6.30. The average Bonchev–Trinajstić information content (AvgIpc) is 2.36. The smallest absolute Gasteiger partial charge is 0.323 e. The number of carbonyl (C=O) groups is 1. The van der Waals surface area contributed by atoms with Gasteiger partial charge in [0, 0.05) is 19.5 Å². The van der Waals surface area contributed by atoms with E-state index in [0.29, 0.717) is 31.6 Å². The summed E-state index contributed by atoms with van der Waals surface area (Å²) in [5, 5.41) is 5.90. The van der Waals surface area contributed by atoms with Gasteiger partial charge in [0.25, 0.3) is 0 Å². The lowest BCUT2D eigenvalue weighted by molar-refractivity contribution is -0.117. The van der Waals surface area contributed by atoms with Crippen LogP contribution in [0.2, 0.25) is 0 Å². The second kappa shape index (κ2) is 8.06. The zero-order valence-corrected chi connectivity index (χ0v) is 11.3. The van der Waals surface area contributed by atoms with Gasteiger partial charge in [0.2, 0.25) is 17.8 Å². The molecule has 0 aliphatic heterocycles. The van der Waals surface area contributed by atoms with Crippen molar-refractivity contribution in [3.8, 4) is 6.01 Å². The van der Waals surface area contributed by atoms with E-state index in [9.17, 15) is 4.79 Å². The average molecular weight is 268 g/mol. The van der Waals surface area contributed by atoms with E-state index in [0.717, 1.165) is 6.42 Å². The van der Waals surface area contributed by atoms with Crippen molar-refractivity contribution in [1.29, 1.82) is 0 Å². The number of carbonyl (C=O) groups excluding carboxylic acids is 1. The van der Waals surface area contributed by atoms with Crippen molar-refractivity contribution in [3.63, 3.8) is 0 Å². The molecule has 8 heteroatoms. The van der Waals surface area contributed by atoms with Crippen molar-refractivity contribution >= 4 is 17.8 Å². The summed E-state index contributed by atoms with van der Waals surface area (Å²) in [6.07, 6.45) is 1.08. The normalized spacial score (nSPS) is 10.0. The molecule has 0 unspecified atom stereocenters. The van der Waals surface area contributed by atoms with Gasteiger partial charge in [-0.3, -0.25) is 4.79 Å². The zero-order chi connectivity index (χ0) is 14.1. The van der Waals surface area contributed by atoms with E-state index in [1.54, 1.807) is 0 Å². The standard InChI is InChI=1S/C11H20N6O2/c1-3-7-19-11-16-9(13-4-2)15-10(17-11)14-6-5-8(12)18/h3-7H2,1-2H3,(H2,12,18)(H2,13,14,15,16,17). The number of hydrogen-bond acceptors (Lipinski definition) is 7. The molecule has 4 N–H and O–H groups in total. The lowest BCUT2D eigenvalue weighted by Gasteiger charge is -2.09. The Morgan fingerprint density at radius 2 is 1.89 bits per heavy atom. The fourth-order valence-corrected chi connectivity index (χ4v) is 1.23. The van der Waals surface area contributed by atoms with Crippen LogP contribution in [0.5, 0.6) is 6.01 Å². The van der Waals surface area contributed by atoms with Gasteiger partial charge in [-0.05, 0) is 13.3 Å². The Morgan fingerprint density at radius 1 is 1.21 bits per heavy atom. The molecule has 0 aliphatic rings. The van der Waals surface area contributed by atoms with Crippen molar-refractivity contribution < 1.29 is 9.53 Å². The molecule has 19 heavy (non-hydrogen) atoms. The van der Waals surface area contributed by atoms with E-state index in [1.165, 1.54) is 0 Å². The van der Waals surface area contributed by atoms with Gasteiger partial charge >= 0.3 is 6.01 Å². The van der Waals surface area contributed by atoms with E-state index < -0.39 is 0 Å². The van der Waals surface area contributed by atoms with Gasteiger partial charge in [-0.2, -0.15) is 15.0 Å². The van der Waals surface area contributed by atoms with E-state index in [4.69, 9.17) is 10.5 Å². The molecular weight excluding hydrogens is 248 g/mol. The summed E-state index contributed by atoms with van der Waals surface area (Å²) in [4.78, 5) is 23.0. The molecule has 1 aromatic heterocycles. The van der Waals surface area contributed by atoms with E-state index >= 15 is 0 Å². The van der Waals surface area contributed by atoms with Crippen LogP contribution in [0, 0.1) is 0 Å². The first-order valence-corrected chi connectivity index (χ1v) is 6.30. The molecule has 1 aromatic rings. The van der Waals surface area contributed by atoms with E-state index in [2.05, 4.69) is 25.6 Å². The number of hydrogen-bond donors (Lipinski definition) is 3.